The first-order valence-electron chi connectivity index (χ1n) is 10.9. The first kappa shape index (κ1) is 24.3. The highest BCUT2D eigenvalue weighted by Gasteiger charge is 2.28. The van der Waals surface area contributed by atoms with E-state index in [2.05, 4.69) is 20.3 Å². The van der Waals surface area contributed by atoms with Crippen LogP contribution in [-0.2, 0) is 21.2 Å². The van der Waals surface area contributed by atoms with E-state index in [1.165, 1.54) is 29.2 Å². The first-order valence-corrected chi connectivity index (χ1v) is 12.4. The minimum Gasteiger partial charge on any atom is -0.387 e. The smallest absolute Gasteiger partial charge is 0.329 e. The van der Waals surface area contributed by atoms with Crippen LogP contribution in [-0.4, -0.2) is 50.1 Å². The SMILES string of the molecule is O=C1CN(c2ccc(S(=O)(=O)Nc3ccc(CCNCC(O)c4cccnc4)cc3)cc2)C(=O)N1. The molecule has 10 nitrogen and oxygen atoms in total. The largest absolute Gasteiger partial charge is 0.387 e. The predicted octanol–water partition coefficient (Wildman–Crippen LogP) is 1.80. The van der Waals surface area contributed by atoms with Gasteiger partial charge in [-0.05, 0) is 61.0 Å². The van der Waals surface area contributed by atoms with Crippen molar-refractivity contribution in [1.82, 2.24) is 15.6 Å². The predicted molar refractivity (Wildman–Crippen MR) is 130 cm³/mol. The molecule has 1 aliphatic rings. The first-order chi connectivity index (χ1) is 16.8. The third-order valence-corrected chi connectivity index (χ3v) is 6.85. The summed E-state index contributed by atoms with van der Waals surface area (Å²) < 4.78 is 28.0. The van der Waals surface area contributed by atoms with Crippen molar-refractivity contribution in [3.8, 4) is 0 Å². The maximum absolute atomic E-state index is 12.7. The number of hydrogen-bond donors (Lipinski definition) is 4. The van der Waals surface area contributed by atoms with Crippen LogP contribution < -0.4 is 20.3 Å². The van der Waals surface area contributed by atoms with Gasteiger partial charge in [0.15, 0.2) is 0 Å². The van der Waals surface area contributed by atoms with Crippen LogP contribution in [0.15, 0.2) is 78.0 Å². The second-order valence-corrected chi connectivity index (χ2v) is 9.67. The number of amides is 3. The van der Waals surface area contributed by atoms with Gasteiger partial charge in [-0.1, -0.05) is 18.2 Å². The number of nitrogens with zero attached hydrogens (tertiary/aromatic N) is 2. The fourth-order valence-electron chi connectivity index (χ4n) is 3.57. The quantitative estimate of drug-likeness (QED) is 0.248. The number of carbonyl (C=O) groups is 2. The molecule has 1 fully saturated rings. The third-order valence-electron chi connectivity index (χ3n) is 5.46. The number of aliphatic hydroxyl groups is 1. The van der Waals surface area contributed by atoms with Gasteiger partial charge < -0.3 is 10.4 Å². The highest BCUT2D eigenvalue weighted by molar-refractivity contribution is 7.92. The Morgan fingerprint density at radius 3 is 2.43 bits per heavy atom. The van der Waals surface area contributed by atoms with E-state index in [9.17, 15) is 23.1 Å². The van der Waals surface area contributed by atoms with Gasteiger partial charge in [-0.2, -0.15) is 0 Å². The van der Waals surface area contributed by atoms with E-state index in [1.807, 2.05) is 18.2 Å². The van der Waals surface area contributed by atoms with Crippen molar-refractivity contribution in [1.29, 1.82) is 0 Å². The summed E-state index contributed by atoms with van der Waals surface area (Å²) in [7, 11) is -3.83. The summed E-state index contributed by atoms with van der Waals surface area (Å²) in [6.45, 7) is 0.951. The van der Waals surface area contributed by atoms with Crippen molar-refractivity contribution in [3.05, 3.63) is 84.2 Å². The van der Waals surface area contributed by atoms with Crippen LogP contribution in [0.5, 0.6) is 0 Å². The van der Waals surface area contributed by atoms with Crippen LogP contribution in [0, 0.1) is 0 Å². The third kappa shape index (κ3) is 6.21. The number of aromatic nitrogens is 1. The van der Waals surface area contributed by atoms with Gasteiger partial charge in [-0.25, -0.2) is 13.2 Å². The molecule has 3 amide bonds. The molecule has 1 atom stereocenters. The van der Waals surface area contributed by atoms with Crippen LogP contribution in [0.2, 0.25) is 0 Å². The Kier molecular flexibility index (Phi) is 7.39. The number of imide groups is 1. The molecule has 1 saturated heterocycles. The number of carbonyl (C=O) groups excluding carboxylic acids is 2. The summed E-state index contributed by atoms with van der Waals surface area (Å²) in [5.74, 6) is -0.407. The molecule has 35 heavy (non-hydrogen) atoms. The minimum absolute atomic E-state index is 0.0348. The lowest BCUT2D eigenvalue weighted by molar-refractivity contribution is -0.117. The number of pyridine rings is 1. The van der Waals surface area contributed by atoms with Crippen molar-refractivity contribution in [2.45, 2.75) is 17.4 Å². The Hall–Kier alpha value is -3.80. The highest BCUT2D eigenvalue weighted by atomic mass is 32.2. The molecular formula is C24H25N5O5S. The monoisotopic (exact) mass is 495 g/mol. The second-order valence-electron chi connectivity index (χ2n) is 7.99. The van der Waals surface area contributed by atoms with E-state index < -0.39 is 28.1 Å². The lowest BCUT2D eigenvalue weighted by atomic mass is 10.1. The van der Waals surface area contributed by atoms with Gasteiger partial charge in [-0.3, -0.25) is 24.7 Å². The second kappa shape index (κ2) is 10.6. The molecule has 4 N–H and O–H groups in total. The molecule has 0 spiro atoms. The molecule has 2 heterocycles. The number of aliphatic hydroxyl groups excluding tert-OH is 1. The molecule has 0 radical (unpaired) electrons. The molecule has 1 aliphatic heterocycles. The maximum atomic E-state index is 12.7. The number of rotatable bonds is 10. The fourth-order valence-corrected chi connectivity index (χ4v) is 4.63. The zero-order valence-corrected chi connectivity index (χ0v) is 19.5. The number of anilines is 2. The Bertz CT molecular complexity index is 1280. The number of nitrogens with one attached hydrogen (secondary N) is 3. The zero-order chi connectivity index (χ0) is 24.8. The zero-order valence-electron chi connectivity index (χ0n) is 18.7. The van der Waals surface area contributed by atoms with Gasteiger partial charge in [-0.15, -0.1) is 0 Å². The van der Waals surface area contributed by atoms with Crippen molar-refractivity contribution in [2.24, 2.45) is 0 Å². The molecule has 0 aliphatic carbocycles. The summed E-state index contributed by atoms with van der Waals surface area (Å²) >= 11 is 0. The number of urea groups is 1. The number of hydrogen-bond acceptors (Lipinski definition) is 7. The van der Waals surface area contributed by atoms with Crippen molar-refractivity contribution in [2.75, 3.05) is 29.3 Å². The summed E-state index contributed by atoms with van der Waals surface area (Å²) in [4.78, 5) is 28.4. The van der Waals surface area contributed by atoms with Gasteiger partial charge >= 0.3 is 6.03 Å². The van der Waals surface area contributed by atoms with Gasteiger partial charge in [0.1, 0.15) is 6.54 Å². The molecule has 182 valence electrons. The molecule has 0 bridgehead atoms. The van der Waals surface area contributed by atoms with Gasteiger partial charge in [0.25, 0.3) is 10.0 Å². The summed E-state index contributed by atoms with van der Waals surface area (Å²) in [6.07, 6.45) is 3.36. The molecule has 1 unspecified atom stereocenters. The summed E-state index contributed by atoms with van der Waals surface area (Å²) in [5, 5.41) is 15.5. The van der Waals surface area contributed by atoms with E-state index in [-0.39, 0.29) is 11.4 Å². The van der Waals surface area contributed by atoms with Crippen molar-refractivity contribution in [3.63, 3.8) is 0 Å². The van der Waals surface area contributed by atoms with E-state index in [1.54, 1.807) is 30.6 Å². The van der Waals surface area contributed by atoms with E-state index >= 15 is 0 Å². The maximum Gasteiger partial charge on any atom is 0.329 e. The molecule has 3 aromatic rings. The van der Waals surface area contributed by atoms with Gasteiger partial charge in [0.05, 0.1) is 11.0 Å². The molecular weight excluding hydrogens is 470 g/mol. The van der Waals surface area contributed by atoms with Crippen LogP contribution in [0.4, 0.5) is 16.2 Å². The van der Waals surface area contributed by atoms with Crippen LogP contribution in [0.3, 0.4) is 0 Å². The van der Waals surface area contributed by atoms with Crippen LogP contribution >= 0.6 is 0 Å². The van der Waals surface area contributed by atoms with E-state index in [0.29, 0.717) is 30.9 Å². The highest BCUT2D eigenvalue weighted by Crippen LogP contribution is 2.22. The average Bonchev–Trinajstić information content (AvgIpc) is 3.21. The molecule has 2 aromatic carbocycles. The van der Waals surface area contributed by atoms with Gasteiger partial charge in [0.2, 0.25) is 5.91 Å². The number of sulfonamides is 1. The average molecular weight is 496 g/mol. The molecule has 4 rings (SSSR count). The van der Waals surface area contributed by atoms with Crippen molar-refractivity contribution >= 4 is 33.3 Å². The normalized spacial score (nSPS) is 14.6. The standard InChI is InChI=1S/C24H25N5O5S/c30-22(18-2-1-12-25-14-18)15-26-13-11-17-3-5-19(6-4-17)28-35(33,34)21-9-7-20(8-10-21)29-16-23(31)27-24(29)32/h1-10,12,14,22,26,28,30H,11,13,15-16H2,(H,27,31,32). The Labute approximate surface area is 203 Å². The van der Waals surface area contributed by atoms with E-state index in [4.69, 9.17) is 0 Å². The molecule has 11 heteroatoms. The molecule has 0 saturated carbocycles. The number of benzene rings is 2. The van der Waals surface area contributed by atoms with E-state index in [0.717, 1.165) is 11.1 Å². The minimum atomic E-state index is -3.83. The van der Waals surface area contributed by atoms with Crippen LogP contribution in [0.25, 0.3) is 0 Å². The summed E-state index contributed by atoms with van der Waals surface area (Å²) in [5.41, 5.74) is 2.61. The topological polar surface area (TPSA) is 141 Å². The fraction of sp³-hybridized carbons (Fsp3) is 0.208. The summed E-state index contributed by atoms with van der Waals surface area (Å²) in [6, 6.07) is 15.8. The Morgan fingerprint density at radius 2 is 1.80 bits per heavy atom. The Balaban J connectivity index is 1.28. The lowest BCUT2D eigenvalue weighted by Gasteiger charge is -2.14. The Morgan fingerprint density at radius 1 is 1.06 bits per heavy atom. The van der Waals surface area contributed by atoms with Crippen LogP contribution in [0.1, 0.15) is 17.2 Å². The van der Waals surface area contributed by atoms with Crippen molar-refractivity contribution < 1.29 is 23.1 Å². The lowest BCUT2D eigenvalue weighted by Crippen LogP contribution is -2.27. The molecule has 1 aromatic heterocycles. The van der Waals surface area contributed by atoms with Gasteiger partial charge in [0, 0.05) is 35.9 Å².